The SMILES string of the molecule is CCC(O)CC(CC)C(=O)Nc1cnn2ccc(N3CCCC3c3cc(F)ccc3F)nc12. The Balaban J connectivity index is 1.60. The van der Waals surface area contributed by atoms with E-state index in [1.54, 1.807) is 23.0 Å². The smallest absolute Gasteiger partial charge is 0.227 e. The van der Waals surface area contributed by atoms with E-state index in [1.165, 1.54) is 6.07 Å². The first kappa shape index (κ1) is 23.1. The first-order valence-corrected chi connectivity index (χ1v) is 11.5. The maximum absolute atomic E-state index is 14.5. The van der Waals surface area contributed by atoms with Gasteiger partial charge in [-0.2, -0.15) is 5.10 Å². The van der Waals surface area contributed by atoms with Crippen LogP contribution < -0.4 is 10.2 Å². The van der Waals surface area contributed by atoms with Gasteiger partial charge in [-0.25, -0.2) is 18.3 Å². The van der Waals surface area contributed by atoms with Crippen LogP contribution in [-0.4, -0.2) is 38.3 Å². The van der Waals surface area contributed by atoms with Crippen LogP contribution in [0.5, 0.6) is 0 Å². The third-order valence-electron chi connectivity index (χ3n) is 6.37. The minimum atomic E-state index is -0.523. The minimum absolute atomic E-state index is 0.187. The third-order valence-corrected chi connectivity index (χ3v) is 6.37. The number of aliphatic hydroxyl groups is 1. The number of amides is 1. The third kappa shape index (κ3) is 4.83. The number of carbonyl (C=O) groups excluding carboxylic acids is 1. The molecule has 0 saturated carbocycles. The number of nitrogens with one attached hydrogen (secondary N) is 1. The molecule has 1 aliphatic heterocycles. The number of aliphatic hydroxyl groups excluding tert-OH is 1. The normalized spacial score (nSPS) is 18.0. The van der Waals surface area contributed by atoms with Gasteiger partial charge in [0.2, 0.25) is 5.91 Å². The molecule has 3 aromatic rings. The van der Waals surface area contributed by atoms with Crippen LogP contribution >= 0.6 is 0 Å². The summed E-state index contributed by atoms with van der Waals surface area (Å²) in [4.78, 5) is 19.5. The molecule has 0 spiro atoms. The second-order valence-corrected chi connectivity index (χ2v) is 8.52. The molecule has 1 fully saturated rings. The lowest BCUT2D eigenvalue weighted by atomic mass is 9.96. The lowest BCUT2D eigenvalue weighted by Gasteiger charge is -2.26. The van der Waals surface area contributed by atoms with Crippen LogP contribution in [0.25, 0.3) is 5.65 Å². The van der Waals surface area contributed by atoms with Crippen LogP contribution in [-0.2, 0) is 4.79 Å². The van der Waals surface area contributed by atoms with E-state index in [4.69, 9.17) is 4.98 Å². The maximum Gasteiger partial charge on any atom is 0.227 e. The fourth-order valence-electron chi connectivity index (χ4n) is 4.43. The van der Waals surface area contributed by atoms with Crippen LogP contribution in [0.4, 0.5) is 20.3 Å². The van der Waals surface area contributed by atoms with E-state index in [0.717, 1.165) is 18.6 Å². The number of halogens is 2. The molecule has 2 aromatic heterocycles. The summed E-state index contributed by atoms with van der Waals surface area (Å²) in [5, 5.41) is 17.1. The van der Waals surface area contributed by atoms with E-state index in [1.807, 2.05) is 18.7 Å². The number of hydrogen-bond donors (Lipinski definition) is 2. The van der Waals surface area contributed by atoms with Crippen LogP contribution in [0, 0.1) is 17.6 Å². The number of nitrogens with zero attached hydrogens (tertiary/aromatic N) is 4. The van der Waals surface area contributed by atoms with E-state index in [-0.39, 0.29) is 17.9 Å². The Morgan fingerprint density at radius 3 is 2.85 bits per heavy atom. The topological polar surface area (TPSA) is 82.8 Å². The fourth-order valence-corrected chi connectivity index (χ4v) is 4.43. The van der Waals surface area contributed by atoms with Crippen molar-refractivity contribution in [3.05, 3.63) is 53.9 Å². The van der Waals surface area contributed by atoms with Crippen molar-refractivity contribution in [1.82, 2.24) is 14.6 Å². The highest BCUT2D eigenvalue weighted by molar-refractivity contribution is 5.95. The van der Waals surface area contributed by atoms with E-state index in [2.05, 4.69) is 10.4 Å². The van der Waals surface area contributed by atoms with Crippen molar-refractivity contribution in [2.24, 2.45) is 5.92 Å². The molecule has 2 N–H and O–H groups in total. The highest BCUT2D eigenvalue weighted by atomic mass is 19.1. The van der Waals surface area contributed by atoms with Gasteiger partial charge >= 0.3 is 0 Å². The Bertz CT molecular complexity index is 1140. The molecule has 0 aliphatic carbocycles. The molecule has 0 radical (unpaired) electrons. The largest absolute Gasteiger partial charge is 0.393 e. The Labute approximate surface area is 191 Å². The van der Waals surface area contributed by atoms with Crippen molar-refractivity contribution in [2.45, 2.75) is 58.1 Å². The summed E-state index contributed by atoms with van der Waals surface area (Å²) < 4.78 is 29.8. The maximum atomic E-state index is 14.5. The van der Waals surface area contributed by atoms with Gasteiger partial charge in [0.1, 0.15) is 23.1 Å². The Hall–Kier alpha value is -3.07. The summed E-state index contributed by atoms with van der Waals surface area (Å²) in [6.45, 7) is 4.46. The average molecular weight is 458 g/mol. The van der Waals surface area contributed by atoms with Crippen molar-refractivity contribution < 1.29 is 18.7 Å². The number of aromatic nitrogens is 3. The van der Waals surface area contributed by atoms with Crippen LogP contribution in [0.3, 0.4) is 0 Å². The molecule has 9 heteroatoms. The van der Waals surface area contributed by atoms with Crippen molar-refractivity contribution in [3.8, 4) is 0 Å². The van der Waals surface area contributed by atoms with E-state index < -0.39 is 17.7 Å². The number of rotatable bonds is 8. The van der Waals surface area contributed by atoms with Gasteiger partial charge in [-0.3, -0.25) is 4.79 Å². The van der Waals surface area contributed by atoms with Gasteiger partial charge in [-0.1, -0.05) is 13.8 Å². The highest BCUT2D eigenvalue weighted by Gasteiger charge is 2.30. The predicted octanol–water partition coefficient (Wildman–Crippen LogP) is 4.47. The summed E-state index contributed by atoms with van der Waals surface area (Å²) in [6, 6.07) is 4.98. The molecule has 176 valence electrons. The van der Waals surface area contributed by atoms with Crippen molar-refractivity contribution in [2.75, 3.05) is 16.8 Å². The van der Waals surface area contributed by atoms with Gasteiger partial charge in [-0.15, -0.1) is 0 Å². The first-order valence-electron chi connectivity index (χ1n) is 11.5. The molecule has 1 saturated heterocycles. The summed E-state index contributed by atoms with van der Waals surface area (Å²) in [6.07, 6.45) is 5.87. The zero-order chi connectivity index (χ0) is 23.5. The number of anilines is 2. The molecule has 3 atom stereocenters. The van der Waals surface area contributed by atoms with Gasteiger partial charge in [0.15, 0.2) is 5.65 Å². The van der Waals surface area contributed by atoms with Crippen LogP contribution in [0.1, 0.15) is 57.6 Å². The average Bonchev–Trinajstić information content (AvgIpc) is 3.46. The first-order chi connectivity index (χ1) is 15.9. The van der Waals surface area contributed by atoms with E-state index in [9.17, 15) is 18.7 Å². The molecule has 0 bridgehead atoms. The zero-order valence-corrected chi connectivity index (χ0v) is 18.8. The number of fused-ring (bicyclic) bond motifs is 1. The Morgan fingerprint density at radius 1 is 1.27 bits per heavy atom. The molecule has 3 unspecified atom stereocenters. The zero-order valence-electron chi connectivity index (χ0n) is 18.8. The summed E-state index contributed by atoms with van der Waals surface area (Å²) in [5.74, 6) is -0.809. The van der Waals surface area contributed by atoms with Crippen molar-refractivity contribution in [3.63, 3.8) is 0 Å². The monoisotopic (exact) mass is 457 g/mol. The summed E-state index contributed by atoms with van der Waals surface area (Å²) in [5.41, 5.74) is 1.26. The second kappa shape index (κ2) is 9.82. The summed E-state index contributed by atoms with van der Waals surface area (Å²) in [7, 11) is 0. The molecule has 1 amide bonds. The summed E-state index contributed by atoms with van der Waals surface area (Å²) >= 11 is 0. The molecule has 1 aromatic carbocycles. The lowest BCUT2D eigenvalue weighted by molar-refractivity contribution is -0.121. The Morgan fingerprint density at radius 2 is 2.09 bits per heavy atom. The van der Waals surface area contributed by atoms with Crippen LogP contribution in [0.15, 0.2) is 36.7 Å². The Kier molecular flexibility index (Phi) is 6.88. The minimum Gasteiger partial charge on any atom is -0.393 e. The molecular weight excluding hydrogens is 428 g/mol. The van der Waals surface area contributed by atoms with Crippen LogP contribution in [0.2, 0.25) is 0 Å². The van der Waals surface area contributed by atoms with Crippen molar-refractivity contribution >= 4 is 23.1 Å². The van der Waals surface area contributed by atoms with E-state index in [0.29, 0.717) is 54.9 Å². The van der Waals surface area contributed by atoms with Gasteiger partial charge in [0.25, 0.3) is 0 Å². The molecule has 33 heavy (non-hydrogen) atoms. The molecule has 3 heterocycles. The van der Waals surface area contributed by atoms with Gasteiger partial charge < -0.3 is 15.3 Å². The standard InChI is InChI=1S/C24H29F2N5O2/c1-3-15(12-17(32)4-2)24(33)28-20-14-27-31-11-9-22(29-23(20)31)30-10-5-6-21(30)18-13-16(25)7-8-19(18)26/h7-9,11,13-15,17,21,32H,3-6,10,12H2,1-2H3,(H,28,33). The highest BCUT2D eigenvalue weighted by Crippen LogP contribution is 2.37. The molecule has 4 rings (SSSR count). The van der Waals surface area contributed by atoms with Gasteiger partial charge in [0, 0.05) is 24.2 Å². The quantitative estimate of drug-likeness (QED) is 0.521. The van der Waals surface area contributed by atoms with Crippen molar-refractivity contribution in [1.29, 1.82) is 0 Å². The molecule has 7 nitrogen and oxygen atoms in total. The lowest BCUT2D eigenvalue weighted by Crippen LogP contribution is -2.26. The molecular formula is C24H29F2N5O2. The number of hydrogen-bond acceptors (Lipinski definition) is 5. The van der Waals surface area contributed by atoms with E-state index >= 15 is 0 Å². The second-order valence-electron chi connectivity index (χ2n) is 8.52. The predicted molar refractivity (Wildman–Crippen MR) is 122 cm³/mol. The van der Waals surface area contributed by atoms with Gasteiger partial charge in [-0.05, 0) is 56.4 Å². The number of benzene rings is 1. The van der Waals surface area contributed by atoms with Gasteiger partial charge in [0.05, 0.1) is 18.3 Å². The fraction of sp³-hybridized carbons (Fsp3) is 0.458. The number of carbonyl (C=O) groups is 1. The molecule has 1 aliphatic rings.